The highest BCUT2D eigenvalue weighted by atomic mass is 32.2. The first kappa shape index (κ1) is 17.9. The summed E-state index contributed by atoms with van der Waals surface area (Å²) in [5.74, 6) is 0.936. The first-order valence-electron chi connectivity index (χ1n) is 9.00. The van der Waals surface area contributed by atoms with E-state index in [1.165, 1.54) is 4.31 Å². The van der Waals surface area contributed by atoms with E-state index in [-0.39, 0.29) is 5.92 Å². The van der Waals surface area contributed by atoms with Gasteiger partial charge in [0.15, 0.2) is 0 Å². The van der Waals surface area contributed by atoms with E-state index in [0.717, 1.165) is 24.0 Å². The van der Waals surface area contributed by atoms with E-state index in [0.29, 0.717) is 29.7 Å². The molecule has 0 saturated carbocycles. The van der Waals surface area contributed by atoms with Gasteiger partial charge in [0.1, 0.15) is 0 Å². The van der Waals surface area contributed by atoms with Gasteiger partial charge in [0, 0.05) is 18.7 Å². The summed E-state index contributed by atoms with van der Waals surface area (Å²) in [5, 5.41) is 4.06. The van der Waals surface area contributed by atoms with Crippen molar-refractivity contribution in [2.45, 2.75) is 30.6 Å². The van der Waals surface area contributed by atoms with Gasteiger partial charge in [0.25, 0.3) is 0 Å². The van der Waals surface area contributed by atoms with Gasteiger partial charge in [-0.3, -0.25) is 0 Å². The summed E-state index contributed by atoms with van der Waals surface area (Å²) in [5.41, 5.74) is 1.91. The van der Waals surface area contributed by atoms with Crippen LogP contribution in [0, 0.1) is 6.92 Å². The molecule has 6 nitrogen and oxygen atoms in total. The van der Waals surface area contributed by atoms with Crippen LogP contribution in [0.2, 0.25) is 0 Å². The van der Waals surface area contributed by atoms with Crippen LogP contribution >= 0.6 is 0 Å². The van der Waals surface area contributed by atoms with Gasteiger partial charge < -0.3 is 4.52 Å². The molecule has 0 amide bonds. The molecule has 140 valence electrons. The zero-order valence-corrected chi connectivity index (χ0v) is 15.9. The maximum absolute atomic E-state index is 13.0. The quantitative estimate of drug-likeness (QED) is 0.688. The Labute approximate surface area is 158 Å². The minimum atomic E-state index is -3.52. The van der Waals surface area contributed by atoms with E-state index in [1.807, 2.05) is 49.4 Å². The molecule has 27 heavy (non-hydrogen) atoms. The standard InChI is InChI=1S/C20H21N3O3S/c1-15-9-11-18(12-10-15)27(24,25)23-13-5-8-17(14-23)20-21-19(22-26-20)16-6-3-2-4-7-16/h2-4,6-7,9-12,17H,5,8,13-14H2,1H3/t17-/m1/s1. The van der Waals surface area contributed by atoms with E-state index >= 15 is 0 Å². The fraction of sp³-hybridized carbons (Fsp3) is 0.300. The zero-order valence-electron chi connectivity index (χ0n) is 15.1. The van der Waals surface area contributed by atoms with Gasteiger partial charge in [-0.2, -0.15) is 9.29 Å². The molecule has 3 aromatic rings. The van der Waals surface area contributed by atoms with Crippen LogP contribution in [0.1, 0.15) is 30.2 Å². The monoisotopic (exact) mass is 383 g/mol. The van der Waals surface area contributed by atoms with Crippen LogP contribution in [0.15, 0.2) is 64.0 Å². The third kappa shape index (κ3) is 3.65. The third-order valence-electron chi connectivity index (χ3n) is 4.87. The zero-order chi connectivity index (χ0) is 18.9. The summed E-state index contributed by atoms with van der Waals surface area (Å²) in [4.78, 5) is 4.83. The summed E-state index contributed by atoms with van der Waals surface area (Å²) in [7, 11) is -3.52. The van der Waals surface area contributed by atoms with Crippen LogP contribution in [0.4, 0.5) is 0 Å². The highest BCUT2D eigenvalue weighted by Gasteiger charge is 2.33. The Morgan fingerprint density at radius 1 is 1.07 bits per heavy atom. The molecule has 0 bridgehead atoms. The molecule has 1 aliphatic rings. The summed E-state index contributed by atoms with van der Waals surface area (Å²) in [6.45, 7) is 2.80. The van der Waals surface area contributed by atoms with Gasteiger partial charge in [-0.1, -0.05) is 53.2 Å². The molecule has 0 spiro atoms. The molecule has 4 rings (SSSR count). The second-order valence-corrected chi connectivity index (χ2v) is 8.78. The number of aromatic nitrogens is 2. The van der Waals surface area contributed by atoms with Gasteiger partial charge in [0.05, 0.1) is 10.8 Å². The second kappa shape index (κ2) is 7.25. The van der Waals surface area contributed by atoms with E-state index in [2.05, 4.69) is 10.1 Å². The summed E-state index contributed by atoms with van der Waals surface area (Å²) in [6.07, 6.45) is 1.59. The van der Waals surface area contributed by atoms with Crippen molar-refractivity contribution < 1.29 is 12.9 Å². The SMILES string of the molecule is Cc1ccc(S(=O)(=O)N2CCC[C@@H](c3nc(-c4ccccc4)no3)C2)cc1. The molecule has 2 aromatic carbocycles. The van der Waals surface area contributed by atoms with Crippen LogP contribution in [0.3, 0.4) is 0 Å². The predicted octanol–water partition coefficient (Wildman–Crippen LogP) is 3.61. The van der Waals surface area contributed by atoms with E-state index < -0.39 is 10.0 Å². The van der Waals surface area contributed by atoms with Crippen LogP contribution in [-0.4, -0.2) is 36.0 Å². The molecular formula is C20H21N3O3S. The predicted molar refractivity (Wildman–Crippen MR) is 102 cm³/mol. The maximum atomic E-state index is 13.0. The first-order chi connectivity index (χ1) is 13.0. The van der Waals surface area contributed by atoms with Gasteiger partial charge in [-0.05, 0) is 31.9 Å². The molecule has 1 atom stereocenters. The van der Waals surface area contributed by atoms with Crippen LogP contribution < -0.4 is 0 Å². The van der Waals surface area contributed by atoms with Crippen LogP contribution in [0.5, 0.6) is 0 Å². The van der Waals surface area contributed by atoms with Crippen molar-refractivity contribution in [1.29, 1.82) is 0 Å². The van der Waals surface area contributed by atoms with Gasteiger partial charge in [0.2, 0.25) is 21.7 Å². The second-order valence-electron chi connectivity index (χ2n) is 6.84. The molecule has 2 heterocycles. The number of nitrogens with zero attached hydrogens (tertiary/aromatic N) is 3. The van der Waals surface area contributed by atoms with Crippen molar-refractivity contribution in [2.24, 2.45) is 0 Å². The van der Waals surface area contributed by atoms with Crippen molar-refractivity contribution in [2.75, 3.05) is 13.1 Å². The van der Waals surface area contributed by atoms with Crippen molar-refractivity contribution >= 4 is 10.0 Å². The number of sulfonamides is 1. The number of hydrogen-bond donors (Lipinski definition) is 0. The molecule has 0 unspecified atom stereocenters. The lowest BCUT2D eigenvalue weighted by Gasteiger charge is -2.30. The number of piperidine rings is 1. The Balaban J connectivity index is 1.55. The van der Waals surface area contributed by atoms with Crippen molar-refractivity contribution in [3.05, 3.63) is 66.1 Å². The number of benzene rings is 2. The van der Waals surface area contributed by atoms with E-state index in [1.54, 1.807) is 12.1 Å². The summed E-state index contributed by atoms with van der Waals surface area (Å²) >= 11 is 0. The fourth-order valence-corrected chi connectivity index (χ4v) is 4.85. The lowest BCUT2D eigenvalue weighted by Crippen LogP contribution is -2.39. The number of aryl methyl sites for hydroxylation is 1. The van der Waals surface area contributed by atoms with Gasteiger partial charge >= 0.3 is 0 Å². The molecule has 1 saturated heterocycles. The number of hydrogen-bond acceptors (Lipinski definition) is 5. The lowest BCUT2D eigenvalue weighted by atomic mass is 10.00. The van der Waals surface area contributed by atoms with Crippen LogP contribution in [0.25, 0.3) is 11.4 Å². The van der Waals surface area contributed by atoms with Crippen molar-refractivity contribution in [3.63, 3.8) is 0 Å². The highest BCUT2D eigenvalue weighted by Crippen LogP contribution is 2.30. The number of rotatable bonds is 4. The molecule has 0 aliphatic carbocycles. The van der Waals surface area contributed by atoms with Gasteiger partial charge in [-0.15, -0.1) is 0 Å². The smallest absolute Gasteiger partial charge is 0.243 e. The largest absolute Gasteiger partial charge is 0.339 e. The Kier molecular flexibility index (Phi) is 4.80. The van der Waals surface area contributed by atoms with E-state index in [4.69, 9.17) is 4.52 Å². The van der Waals surface area contributed by atoms with E-state index in [9.17, 15) is 8.42 Å². The topological polar surface area (TPSA) is 76.3 Å². The molecule has 1 aromatic heterocycles. The Morgan fingerprint density at radius 3 is 2.56 bits per heavy atom. The fourth-order valence-electron chi connectivity index (χ4n) is 3.33. The maximum Gasteiger partial charge on any atom is 0.243 e. The highest BCUT2D eigenvalue weighted by molar-refractivity contribution is 7.89. The Hall–Kier alpha value is -2.51. The molecule has 0 N–H and O–H groups in total. The molecule has 0 radical (unpaired) electrons. The summed E-state index contributed by atoms with van der Waals surface area (Å²) < 4.78 is 32.9. The molecule has 1 aliphatic heterocycles. The normalized spacial score (nSPS) is 18.5. The minimum absolute atomic E-state index is 0.0936. The first-order valence-corrected chi connectivity index (χ1v) is 10.4. The average molecular weight is 383 g/mol. The Morgan fingerprint density at radius 2 is 1.81 bits per heavy atom. The van der Waals surface area contributed by atoms with Crippen molar-refractivity contribution in [3.8, 4) is 11.4 Å². The van der Waals surface area contributed by atoms with Crippen LogP contribution in [-0.2, 0) is 10.0 Å². The lowest BCUT2D eigenvalue weighted by molar-refractivity contribution is 0.265. The van der Waals surface area contributed by atoms with Crippen molar-refractivity contribution in [1.82, 2.24) is 14.4 Å². The molecular weight excluding hydrogens is 362 g/mol. The summed E-state index contributed by atoms with van der Waals surface area (Å²) in [6, 6.07) is 16.6. The molecule has 1 fully saturated rings. The third-order valence-corrected chi connectivity index (χ3v) is 6.75. The minimum Gasteiger partial charge on any atom is -0.339 e. The van der Waals surface area contributed by atoms with Gasteiger partial charge in [-0.25, -0.2) is 8.42 Å². The average Bonchev–Trinajstić information content (AvgIpc) is 3.19. The molecule has 7 heteroatoms. The Bertz CT molecular complexity index is 1010.